The Bertz CT molecular complexity index is 76.9. The Hall–Kier alpha value is -0.0400. The van der Waals surface area contributed by atoms with Crippen LogP contribution in [0.1, 0.15) is 59.3 Å². The summed E-state index contributed by atoms with van der Waals surface area (Å²) in [5, 5.41) is 0. The summed E-state index contributed by atoms with van der Waals surface area (Å²) < 4.78 is 0. The lowest BCUT2D eigenvalue weighted by atomic mass is 9.90. The average Bonchev–Trinajstić information content (AvgIpc) is 1.97. The maximum atomic E-state index is 6.09. The van der Waals surface area contributed by atoms with Gasteiger partial charge in [-0.15, -0.1) is 0 Å². The fourth-order valence-corrected chi connectivity index (χ4v) is 1.29. The molecule has 0 aliphatic carbocycles. The first-order valence-corrected chi connectivity index (χ1v) is 4.91. The van der Waals surface area contributed by atoms with E-state index in [4.69, 9.17) is 5.73 Å². The zero-order valence-corrected chi connectivity index (χ0v) is 8.32. The molecule has 0 rings (SSSR count). The smallest absolute Gasteiger partial charge is 0.0125 e. The summed E-state index contributed by atoms with van der Waals surface area (Å²) in [6, 6.07) is 0. The third kappa shape index (κ3) is 6.36. The fraction of sp³-hybridized carbons (Fsp3) is 1.00. The fourth-order valence-electron chi connectivity index (χ4n) is 1.29. The van der Waals surface area contributed by atoms with Gasteiger partial charge in [-0.1, -0.05) is 39.5 Å². The van der Waals surface area contributed by atoms with Crippen LogP contribution >= 0.6 is 0 Å². The predicted molar refractivity (Wildman–Crippen MR) is 51.6 cm³/mol. The standard InChI is InChI=1S/C10H23N/c1-4-6-8-10(3,11)9-7-5-2/h4-9,11H2,1-3H3. The Balaban J connectivity index is 3.43. The van der Waals surface area contributed by atoms with Crippen LogP contribution in [0.2, 0.25) is 0 Å². The van der Waals surface area contributed by atoms with Crippen molar-refractivity contribution in [3.05, 3.63) is 0 Å². The molecule has 0 aliphatic rings. The van der Waals surface area contributed by atoms with Crippen LogP contribution in [0.15, 0.2) is 0 Å². The molecule has 0 atom stereocenters. The molecule has 11 heavy (non-hydrogen) atoms. The highest BCUT2D eigenvalue weighted by Crippen LogP contribution is 2.17. The van der Waals surface area contributed by atoms with Crippen LogP contribution in [0, 0.1) is 0 Å². The van der Waals surface area contributed by atoms with Crippen LogP contribution in [-0.2, 0) is 0 Å². The van der Waals surface area contributed by atoms with E-state index in [1.54, 1.807) is 0 Å². The van der Waals surface area contributed by atoms with Crippen molar-refractivity contribution in [2.75, 3.05) is 0 Å². The first-order chi connectivity index (χ1) is 5.12. The predicted octanol–water partition coefficient (Wildman–Crippen LogP) is 3.08. The molecule has 0 saturated carbocycles. The Morgan fingerprint density at radius 1 is 1.00 bits per heavy atom. The van der Waals surface area contributed by atoms with E-state index in [1.165, 1.54) is 38.5 Å². The summed E-state index contributed by atoms with van der Waals surface area (Å²) in [5.74, 6) is 0. The van der Waals surface area contributed by atoms with E-state index in [2.05, 4.69) is 20.8 Å². The molecule has 0 saturated heterocycles. The van der Waals surface area contributed by atoms with E-state index in [-0.39, 0.29) is 5.54 Å². The molecule has 0 heterocycles. The molecule has 1 nitrogen and oxygen atoms in total. The summed E-state index contributed by atoms with van der Waals surface area (Å²) in [6.07, 6.45) is 7.44. The van der Waals surface area contributed by atoms with Gasteiger partial charge in [0.15, 0.2) is 0 Å². The van der Waals surface area contributed by atoms with E-state index in [1.807, 2.05) is 0 Å². The molecule has 2 N–H and O–H groups in total. The van der Waals surface area contributed by atoms with Gasteiger partial charge in [0.2, 0.25) is 0 Å². The number of nitrogens with two attached hydrogens (primary N) is 1. The van der Waals surface area contributed by atoms with Crippen LogP contribution in [0.5, 0.6) is 0 Å². The van der Waals surface area contributed by atoms with Crippen molar-refractivity contribution in [1.29, 1.82) is 0 Å². The molecule has 0 aromatic heterocycles. The molecule has 0 fully saturated rings. The van der Waals surface area contributed by atoms with Gasteiger partial charge in [0, 0.05) is 5.54 Å². The largest absolute Gasteiger partial charge is 0.325 e. The van der Waals surface area contributed by atoms with E-state index in [9.17, 15) is 0 Å². The third-order valence-corrected chi connectivity index (χ3v) is 2.20. The topological polar surface area (TPSA) is 26.0 Å². The van der Waals surface area contributed by atoms with Crippen LogP contribution in [-0.4, -0.2) is 5.54 Å². The van der Waals surface area contributed by atoms with Crippen molar-refractivity contribution in [2.45, 2.75) is 64.8 Å². The van der Waals surface area contributed by atoms with Crippen LogP contribution < -0.4 is 5.73 Å². The third-order valence-electron chi connectivity index (χ3n) is 2.20. The molecule has 0 aromatic rings. The van der Waals surface area contributed by atoms with Crippen molar-refractivity contribution < 1.29 is 0 Å². The monoisotopic (exact) mass is 157 g/mol. The molecular formula is C10H23N. The number of unbranched alkanes of at least 4 members (excludes halogenated alkanes) is 2. The molecule has 0 aliphatic heterocycles. The molecule has 0 spiro atoms. The van der Waals surface area contributed by atoms with Gasteiger partial charge in [-0.25, -0.2) is 0 Å². The highest BCUT2D eigenvalue weighted by atomic mass is 14.7. The first kappa shape index (κ1) is 11.0. The minimum atomic E-state index is 0.103. The van der Waals surface area contributed by atoms with Gasteiger partial charge >= 0.3 is 0 Å². The van der Waals surface area contributed by atoms with Gasteiger partial charge in [0.05, 0.1) is 0 Å². The van der Waals surface area contributed by atoms with Crippen LogP contribution in [0.25, 0.3) is 0 Å². The summed E-state index contributed by atoms with van der Waals surface area (Å²) in [4.78, 5) is 0. The second-order valence-electron chi connectivity index (χ2n) is 3.86. The van der Waals surface area contributed by atoms with E-state index in [0.717, 1.165) is 0 Å². The molecule has 68 valence electrons. The molecule has 0 bridgehead atoms. The Labute approximate surface area is 71.4 Å². The maximum absolute atomic E-state index is 6.09. The van der Waals surface area contributed by atoms with Crippen molar-refractivity contribution in [3.63, 3.8) is 0 Å². The lowest BCUT2D eigenvalue weighted by molar-refractivity contribution is 0.376. The van der Waals surface area contributed by atoms with Crippen molar-refractivity contribution in [1.82, 2.24) is 0 Å². The molecular weight excluding hydrogens is 134 g/mol. The van der Waals surface area contributed by atoms with Crippen LogP contribution in [0.4, 0.5) is 0 Å². The van der Waals surface area contributed by atoms with Gasteiger partial charge < -0.3 is 5.73 Å². The zero-order chi connectivity index (χ0) is 8.74. The Morgan fingerprint density at radius 2 is 1.36 bits per heavy atom. The second-order valence-corrected chi connectivity index (χ2v) is 3.86. The minimum absolute atomic E-state index is 0.103. The molecule has 0 radical (unpaired) electrons. The SMILES string of the molecule is CCCCC(C)(N)CCCC. The van der Waals surface area contributed by atoms with Gasteiger partial charge in [0.25, 0.3) is 0 Å². The van der Waals surface area contributed by atoms with E-state index >= 15 is 0 Å². The summed E-state index contributed by atoms with van der Waals surface area (Å²) in [7, 11) is 0. The highest BCUT2D eigenvalue weighted by Gasteiger charge is 2.15. The van der Waals surface area contributed by atoms with Crippen LogP contribution in [0.3, 0.4) is 0 Å². The molecule has 0 amide bonds. The lowest BCUT2D eigenvalue weighted by Gasteiger charge is -2.23. The van der Waals surface area contributed by atoms with Crippen molar-refractivity contribution in [2.24, 2.45) is 5.73 Å². The number of hydrogen-bond donors (Lipinski definition) is 1. The number of rotatable bonds is 6. The lowest BCUT2D eigenvalue weighted by Crippen LogP contribution is -2.35. The average molecular weight is 157 g/mol. The maximum Gasteiger partial charge on any atom is 0.0125 e. The molecule has 1 heteroatoms. The van der Waals surface area contributed by atoms with Gasteiger partial charge in [-0.05, 0) is 19.8 Å². The Morgan fingerprint density at radius 3 is 1.64 bits per heavy atom. The highest BCUT2D eigenvalue weighted by molar-refractivity contribution is 4.77. The normalized spacial score (nSPS) is 12.0. The van der Waals surface area contributed by atoms with Crippen molar-refractivity contribution >= 4 is 0 Å². The second kappa shape index (κ2) is 5.59. The van der Waals surface area contributed by atoms with Gasteiger partial charge in [-0.2, -0.15) is 0 Å². The summed E-state index contributed by atoms with van der Waals surface area (Å²) >= 11 is 0. The van der Waals surface area contributed by atoms with Gasteiger partial charge in [0.1, 0.15) is 0 Å². The Kier molecular flexibility index (Phi) is 5.57. The number of hydrogen-bond acceptors (Lipinski definition) is 1. The van der Waals surface area contributed by atoms with E-state index in [0.29, 0.717) is 0 Å². The minimum Gasteiger partial charge on any atom is -0.325 e. The zero-order valence-electron chi connectivity index (χ0n) is 8.32. The summed E-state index contributed by atoms with van der Waals surface area (Å²) in [5.41, 5.74) is 6.19. The molecule has 0 aromatic carbocycles. The van der Waals surface area contributed by atoms with Crippen molar-refractivity contribution in [3.8, 4) is 0 Å². The first-order valence-electron chi connectivity index (χ1n) is 4.91. The quantitative estimate of drug-likeness (QED) is 0.630. The van der Waals surface area contributed by atoms with Gasteiger partial charge in [-0.3, -0.25) is 0 Å². The van der Waals surface area contributed by atoms with E-state index < -0.39 is 0 Å². The summed E-state index contributed by atoms with van der Waals surface area (Å²) in [6.45, 7) is 6.62. The molecule has 0 unspecified atom stereocenters.